The number of hydrogen-bond donors (Lipinski definition) is 2. The third-order valence-corrected chi connectivity index (χ3v) is 14.4. The van der Waals surface area contributed by atoms with Gasteiger partial charge in [-0.25, -0.2) is 8.78 Å². The number of carboxylic acid groups (broad SMARTS) is 1. The van der Waals surface area contributed by atoms with Gasteiger partial charge in [0.15, 0.2) is 5.79 Å². The summed E-state index contributed by atoms with van der Waals surface area (Å²) in [6.45, 7) is 18.8. The van der Waals surface area contributed by atoms with Crippen LogP contribution in [0.4, 0.5) is 8.78 Å². The van der Waals surface area contributed by atoms with Crippen molar-refractivity contribution in [2.45, 2.75) is 174 Å². The second-order valence-corrected chi connectivity index (χ2v) is 23.0. The van der Waals surface area contributed by atoms with Crippen molar-refractivity contribution in [2.24, 2.45) is 0 Å². The zero-order valence-electron chi connectivity index (χ0n) is 48.0. The number of aliphatic hydroxyl groups is 2. The summed E-state index contributed by atoms with van der Waals surface area (Å²) in [5.41, 5.74) is 13.1. The van der Waals surface area contributed by atoms with Crippen LogP contribution in [-0.2, 0) is 49.5 Å². The van der Waals surface area contributed by atoms with E-state index >= 15 is 0 Å². The summed E-state index contributed by atoms with van der Waals surface area (Å²) < 4.78 is 58.2. The number of halogens is 2. The summed E-state index contributed by atoms with van der Waals surface area (Å²) in [6, 6.07) is 29.0. The maximum absolute atomic E-state index is 14.1. The third-order valence-electron chi connectivity index (χ3n) is 14.4. The van der Waals surface area contributed by atoms with Crippen LogP contribution in [0.25, 0.3) is 44.8 Å². The van der Waals surface area contributed by atoms with Crippen molar-refractivity contribution in [1.29, 1.82) is 0 Å². The standard InChI is InChI=1S/C36H44FNO5.C29H32FNO5.Na/c1-22(2)33-28(17-16-25-20-26(42-36(6,7)41-25)21-31(39)43-35(3,4)5)32(23-12-14-24(37)15-13-23)29-18-19-40-30-11-9-8-10-27(30)34(29)38-33;1-17(2)28-23(12-11-20(32)15-21(33)16-26(34)35)27(18-7-9-19(30)10-8-18)24-13-14-36-25-6-4-3-5-22(25)29(24)31-28;/h8-15,22,25-26H,16-21H2,1-7H3;3-10,17,20-21,32-33H,11-16H2,1-2H3,(H,34,35);/q;;+1/p-1/t25-,26-;20-,21-;/m11./s1. The maximum Gasteiger partial charge on any atom is 1.00 e. The molecule has 3 aliphatic rings. The molecule has 1 saturated heterocycles. The number of aliphatic hydroxyl groups excluding tert-OH is 2. The zero-order chi connectivity index (χ0) is 56.8. The van der Waals surface area contributed by atoms with Crippen LogP contribution in [0.2, 0.25) is 0 Å². The van der Waals surface area contributed by atoms with E-state index in [9.17, 15) is 33.7 Å². The predicted octanol–water partition coefficient (Wildman–Crippen LogP) is 8.99. The van der Waals surface area contributed by atoms with Crippen LogP contribution < -0.4 is 44.1 Å². The Hall–Kier alpha value is -5.58. The van der Waals surface area contributed by atoms with Crippen molar-refractivity contribution in [3.63, 3.8) is 0 Å². The van der Waals surface area contributed by atoms with E-state index in [1.165, 1.54) is 24.3 Å². The van der Waals surface area contributed by atoms with E-state index in [-0.39, 0.29) is 84.0 Å². The van der Waals surface area contributed by atoms with Gasteiger partial charge in [0.05, 0.1) is 55.4 Å². The predicted molar refractivity (Wildman–Crippen MR) is 299 cm³/mol. The molecule has 12 nitrogen and oxygen atoms in total. The van der Waals surface area contributed by atoms with Gasteiger partial charge in [0.25, 0.3) is 0 Å². The van der Waals surface area contributed by atoms with Crippen LogP contribution in [0.15, 0.2) is 97.1 Å². The summed E-state index contributed by atoms with van der Waals surface area (Å²) in [4.78, 5) is 33.8. The molecule has 5 heterocycles. The largest absolute Gasteiger partial charge is 1.00 e. The molecule has 4 aromatic carbocycles. The molecule has 0 saturated carbocycles. The molecule has 3 aliphatic heterocycles. The molecular formula is C65H75F2N2NaO10. The number of hydrogen-bond acceptors (Lipinski definition) is 12. The first-order chi connectivity index (χ1) is 37.5. The van der Waals surface area contributed by atoms with Gasteiger partial charge < -0.3 is 43.8 Å². The van der Waals surface area contributed by atoms with Gasteiger partial charge in [0.1, 0.15) is 28.7 Å². The molecule has 1 fully saturated rings. The van der Waals surface area contributed by atoms with Crippen LogP contribution in [-0.4, -0.2) is 81.1 Å². The van der Waals surface area contributed by atoms with Gasteiger partial charge in [-0.15, -0.1) is 0 Å². The number of esters is 1. The molecule has 0 amide bonds. The number of carboxylic acids is 1. The molecule has 420 valence electrons. The molecule has 2 aromatic heterocycles. The number of carbonyl (C=O) groups is 2. The molecule has 80 heavy (non-hydrogen) atoms. The SMILES string of the molecule is CC(C)c1nc2c(c(-c3ccc(F)cc3)c1CC[C@@H](O)C[C@@H](O)CC(=O)[O-])CCOc1ccccc1-2.CC(C)c1nc2c(c(-c3ccc(F)cc3)c1CC[C@@H]1C[C@H](CC(=O)OC(C)(C)C)OC(C)(C)O1)CCOc1ccccc1-2.[Na+]. The Morgan fingerprint density at radius 2 is 1.16 bits per heavy atom. The number of ether oxygens (including phenoxy) is 5. The van der Waals surface area contributed by atoms with Crippen LogP contribution >= 0.6 is 0 Å². The quantitative estimate of drug-likeness (QED) is 0.0698. The van der Waals surface area contributed by atoms with Gasteiger partial charge in [-0.05, 0) is 172 Å². The molecule has 0 aliphatic carbocycles. The van der Waals surface area contributed by atoms with E-state index in [1.54, 1.807) is 12.1 Å². The number of benzene rings is 4. The summed E-state index contributed by atoms with van der Waals surface area (Å²) in [5, 5.41) is 31.3. The molecule has 0 spiro atoms. The van der Waals surface area contributed by atoms with E-state index in [2.05, 4.69) is 33.8 Å². The average Bonchev–Trinajstić information content (AvgIpc) is 3.73. The molecule has 2 N–H and O–H groups in total. The second-order valence-electron chi connectivity index (χ2n) is 23.0. The molecule has 0 unspecified atom stereocenters. The van der Waals surface area contributed by atoms with E-state index in [4.69, 9.17) is 33.7 Å². The first kappa shape index (κ1) is 62.0. The number of fused-ring (bicyclic) bond motifs is 6. The first-order valence-corrected chi connectivity index (χ1v) is 27.7. The van der Waals surface area contributed by atoms with E-state index in [1.807, 2.05) is 89.2 Å². The van der Waals surface area contributed by atoms with Crippen LogP contribution in [0.3, 0.4) is 0 Å². The fourth-order valence-corrected chi connectivity index (χ4v) is 11.2. The van der Waals surface area contributed by atoms with Gasteiger partial charge in [-0.1, -0.05) is 76.2 Å². The maximum atomic E-state index is 14.1. The Morgan fingerprint density at radius 1 is 0.700 bits per heavy atom. The van der Waals surface area contributed by atoms with E-state index in [0.29, 0.717) is 51.7 Å². The van der Waals surface area contributed by atoms with Crippen LogP contribution in [0.1, 0.15) is 146 Å². The van der Waals surface area contributed by atoms with Crippen molar-refractivity contribution in [2.75, 3.05) is 13.2 Å². The van der Waals surface area contributed by atoms with Crippen molar-refractivity contribution in [3.05, 3.63) is 142 Å². The third kappa shape index (κ3) is 15.7. The summed E-state index contributed by atoms with van der Waals surface area (Å²) in [5.74, 6) is -1.22. The number of aliphatic carboxylic acids is 1. The van der Waals surface area contributed by atoms with Gasteiger partial charge in [-0.3, -0.25) is 14.8 Å². The monoisotopic (exact) mass is 1100 g/mol. The van der Waals surface area contributed by atoms with Gasteiger partial charge >= 0.3 is 35.5 Å². The number of carbonyl (C=O) groups excluding carboxylic acids is 2. The molecule has 15 heteroatoms. The molecule has 0 radical (unpaired) electrons. The van der Waals surface area contributed by atoms with E-state index in [0.717, 1.165) is 96.3 Å². The van der Waals surface area contributed by atoms with Crippen LogP contribution in [0, 0.1) is 11.6 Å². The topological polar surface area (TPSA) is 170 Å². The molecule has 9 rings (SSSR count). The Bertz CT molecular complexity index is 3100. The minimum atomic E-state index is -1.35. The van der Waals surface area contributed by atoms with Gasteiger partial charge in [-0.2, -0.15) is 0 Å². The normalized spacial score (nSPS) is 17.0. The average molecular weight is 1110 g/mol. The van der Waals surface area contributed by atoms with Crippen molar-refractivity contribution in [3.8, 4) is 56.3 Å². The summed E-state index contributed by atoms with van der Waals surface area (Å²) in [7, 11) is 0. The fraction of sp³-hybridized carbons (Fsp3) is 0.446. The van der Waals surface area contributed by atoms with E-state index < -0.39 is 36.0 Å². The second kappa shape index (κ2) is 27.0. The fourth-order valence-electron chi connectivity index (χ4n) is 11.2. The Morgan fingerprint density at radius 3 is 1.62 bits per heavy atom. The van der Waals surface area contributed by atoms with Gasteiger partial charge in [0.2, 0.25) is 0 Å². The van der Waals surface area contributed by atoms with Crippen LogP contribution in [0.5, 0.6) is 11.5 Å². The van der Waals surface area contributed by atoms with Crippen molar-refractivity contribution < 1.29 is 86.9 Å². The van der Waals surface area contributed by atoms with Crippen molar-refractivity contribution in [1.82, 2.24) is 9.97 Å². The summed E-state index contributed by atoms with van der Waals surface area (Å²) in [6.07, 6.45) is 1.19. The Labute approximate surface area is 491 Å². The molecule has 0 bridgehead atoms. The molecule has 6 aromatic rings. The first-order valence-electron chi connectivity index (χ1n) is 27.7. The minimum Gasteiger partial charge on any atom is -0.550 e. The zero-order valence-corrected chi connectivity index (χ0v) is 50.0. The smallest absolute Gasteiger partial charge is 0.550 e. The Balaban J connectivity index is 0.000000232. The Kier molecular flexibility index (Phi) is 20.9. The number of aromatic nitrogens is 2. The number of pyridine rings is 2. The van der Waals surface area contributed by atoms with Gasteiger partial charge in [0, 0.05) is 54.2 Å². The van der Waals surface area contributed by atoms with Crippen molar-refractivity contribution >= 4 is 11.9 Å². The number of para-hydroxylation sites is 2. The summed E-state index contributed by atoms with van der Waals surface area (Å²) >= 11 is 0. The molecule has 4 atom stereocenters. The minimum absolute atomic E-state index is 0. The molecular weight excluding hydrogens is 1030 g/mol. The number of nitrogens with zero attached hydrogens (tertiary/aromatic N) is 2. The number of rotatable bonds is 16.